The van der Waals surface area contributed by atoms with Crippen molar-refractivity contribution in [2.45, 2.75) is 385 Å². The molecule has 44 nitrogen and oxygen atoms in total. The van der Waals surface area contributed by atoms with Gasteiger partial charge >= 0.3 is 17.9 Å². The van der Waals surface area contributed by atoms with Gasteiger partial charge in [-0.25, -0.2) is 4.79 Å². The van der Waals surface area contributed by atoms with Gasteiger partial charge < -0.3 is 203 Å². The number of aliphatic hydroxyl groups is 21. The van der Waals surface area contributed by atoms with Crippen LogP contribution in [-0.4, -0.2) is 426 Å². The predicted octanol–water partition coefficient (Wildman–Crippen LogP) is -8.12. The van der Waals surface area contributed by atoms with Crippen molar-refractivity contribution in [1.82, 2.24) is 0 Å². The number of carbonyl (C=O) groups excluding carboxylic acids is 1. The van der Waals surface area contributed by atoms with Gasteiger partial charge in [-0.05, 0) is 131 Å². The van der Waals surface area contributed by atoms with Gasteiger partial charge in [-0.2, -0.15) is 0 Å². The van der Waals surface area contributed by atoms with Gasteiger partial charge in [-0.1, -0.05) is 46.3 Å². The summed E-state index contributed by atoms with van der Waals surface area (Å²) in [6.45, 7) is 13.2. The van der Waals surface area contributed by atoms with Crippen molar-refractivity contribution >= 4 is 17.9 Å². The molecule has 14 rings (SSSR count). The molecule has 0 bridgehead atoms. The first-order chi connectivity index (χ1) is 58.2. The third-order valence-corrected chi connectivity index (χ3v) is 30.4. The summed E-state index contributed by atoms with van der Waals surface area (Å²) < 4.78 is 108. The SMILES string of the molecule is CC1OC(OC2C(C)OC(OC(=O)C34CCC(C)(C)CC3C3=CCC5C6(C)CCC(OC7OC(C(=O)O)C(O)C(OC8OCC(O)C(O)C8O)C7OC7OC(CO)C(O)C(O)C7O)C(C)(C(=O)O)C6CCC5(C)C3(C)CC4)C(OC3OC(C)C(OC4OCC(O)C(OC5OCC(OC6OCC(O)C(O)C6O)C(O)C5O)C4O)C(O)C3O)C2O)C(O)C(O)C1O. The Kier molecular flexibility index (Phi) is 28.8. The smallest absolute Gasteiger partial charge is 0.335 e. The van der Waals surface area contributed by atoms with Crippen LogP contribution in [0.5, 0.6) is 0 Å². The lowest BCUT2D eigenvalue weighted by Gasteiger charge is -2.71. The minimum absolute atomic E-state index is 0.0506. The standard InChI is InChI=1S/C80H126O44/c1-26-39(85)44(90)50(96)68(111-26)118-57-28(3)113-71(61(53(57)99)122-69-52(98)46(92)56(27(2)112-69)117-67-55(101)58(33(84)24-109-67)119-66-49(95)43(89)35(25-110-66)115-64-47(93)40(86)31(82)22-107-64)124-74(106)80-18-16-75(4,5)20-30(80)29-10-11-36-76(6)14-13-38(79(9,73(104)105)37(76)12-15-78(36,8)77(29,7)17-19-80)116-72-62(123-70-51(97)45(91)42(88)34(21-81)114-70)59(54(100)60(121-72)63(102)103)120-65-48(94)41(87)32(83)23-108-65/h10,26-28,30-62,64-72,81-101H,11-25H2,1-9H3,(H,102,103)(H,104,105). The maximum atomic E-state index is 16.2. The Morgan fingerprint density at radius 3 is 1.51 bits per heavy atom. The van der Waals surface area contributed by atoms with Crippen molar-refractivity contribution < 1.29 is 217 Å². The molecule has 0 aromatic carbocycles. The molecule has 9 heterocycles. The molecule has 0 radical (unpaired) electrons. The van der Waals surface area contributed by atoms with E-state index in [1.807, 2.05) is 6.92 Å². The average Bonchev–Trinajstić information content (AvgIpc) is 0.671. The number of allylic oxidation sites excluding steroid dienone is 2. The molecule has 5 aliphatic carbocycles. The highest BCUT2D eigenvalue weighted by Crippen LogP contribution is 2.76. The quantitative estimate of drug-likeness (QED) is 0.0288. The van der Waals surface area contributed by atoms with E-state index in [1.165, 1.54) is 27.7 Å². The van der Waals surface area contributed by atoms with Crippen LogP contribution in [0, 0.1) is 50.2 Å². The minimum atomic E-state index is -2.28. The van der Waals surface area contributed by atoms with Crippen LogP contribution in [0.3, 0.4) is 0 Å². The Balaban J connectivity index is 0.701. The fourth-order valence-electron chi connectivity index (χ4n) is 22.6. The number of carboxylic acid groups (broad SMARTS) is 2. The van der Waals surface area contributed by atoms with Crippen LogP contribution in [0.2, 0.25) is 0 Å². The number of hydrogen-bond acceptors (Lipinski definition) is 42. The Hall–Kier alpha value is -3.37. The van der Waals surface area contributed by atoms with E-state index in [-0.39, 0.29) is 43.4 Å². The molecule has 50 atom stereocenters. The predicted molar refractivity (Wildman–Crippen MR) is 400 cm³/mol. The van der Waals surface area contributed by atoms with E-state index in [0.717, 1.165) is 5.57 Å². The molecule has 4 saturated carbocycles. The summed E-state index contributed by atoms with van der Waals surface area (Å²) in [5.41, 5.74) is -4.82. The van der Waals surface area contributed by atoms with Crippen LogP contribution in [0.25, 0.3) is 0 Å². The highest BCUT2D eigenvalue weighted by atomic mass is 16.8. The molecule has 9 saturated heterocycles. The van der Waals surface area contributed by atoms with Crippen LogP contribution in [-0.2, 0) is 99.6 Å². The Morgan fingerprint density at radius 2 is 0.895 bits per heavy atom. The molecule has 0 aromatic heterocycles. The van der Waals surface area contributed by atoms with E-state index in [1.54, 1.807) is 0 Å². The molecule has 710 valence electrons. The summed E-state index contributed by atoms with van der Waals surface area (Å²) in [5, 5.41) is 254. The zero-order valence-corrected chi connectivity index (χ0v) is 70.0. The van der Waals surface area contributed by atoms with E-state index in [4.69, 9.17) is 85.3 Å². The van der Waals surface area contributed by atoms with Crippen LogP contribution in [0.1, 0.15) is 127 Å². The summed E-state index contributed by atoms with van der Waals surface area (Å²) >= 11 is 0. The second kappa shape index (κ2) is 36.9. The summed E-state index contributed by atoms with van der Waals surface area (Å²) in [7, 11) is 0. The number of ether oxygens (including phenoxy) is 18. The Labute approximate surface area is 712 Å². The van der Waals surface area contributed by atoms with Crippen molar-refractivity contribution in [3.05, 3.63) is 11.6 Å². The van der Waals surface area contributed by atoms with Crippen molar-refractivity contribution in [2.24, 2.45) is 50.2 Å². The fraction of sp³-hybridized carbons (Fsp3) is 0.938. The van der Waals surface area contributed by atoms with E-state index >= 15 is 4.79 Å². The van der Waals surface area contributed by atoms with Gasteiger partial charge in [0, 0.05) is 0 Å². The van der Waals surface area contributed by atoms with Crippen LogP contribution in [0.4, 0.5) is 0 Å². The molecular formula is C80H126O44. The molecule has 13 fully saturated rings. The molecule has 23 N–H and O–H groups in total. The lowest BCUT2D eigenvalue weighted by molar-refractivity contribution is -0.392. The Morgan fingerprint density at radius 1 is 0.403 bits per heavy atom. The largest absolute Gasteiger partial charge is 0.481 e. The molecule has 124 heavy (non-hydrogen) atoms. The van der Waals surface area contributed by atoms with Gasteiger partial charge in [-0.3, -0.25) is 9.59 Å². The van der Waals surface area contributed by atoms with Crippen LogP contribution >= 0.6 is 0 Å². The lowest BCUT2D eigenvalue weighted by atomic mass is 9.33. The molecule has 50 unspecified atom stereocenters. The second-order valence-corrected chi connectivity index (χ2v) is 38.3. The average molecular weight is 1790 g/mol. The maximum Gasteiger partial charge on any atom is 0.335 e. The van der Waals surface area contributed by atoms with Gasteiger partial charge in [-0.15, -0.1) is 0 Å². The zero-order chi connectivity index (χ0) is 90.3. The van der Waals surface area contributed by atoms with E-state index in [0.29, 0.717) is 32.1 Å². The highest BCUT2D eigenvalue weighted by Gasteiger charge is 2.73. The third kappa shape index (κ3) is 17.1. The normalized spacial score (nSPS) is 54.8. The number of rotatable bonds is 21. The monoisotopic (exact) mass is 1790 g/mol. The van der Waals surface area contributed by atoms with E-state index in [9.17, 15) is 127 Å². The van der Waals surface area contributed by atoms with Gasteiger partial charge in [0.25, 0.3) is 0 Å². The van der Waals surface area contributed by atoms with E-state index in [2.05, 4.69) is 33.8 Å². The summed E-state index contributed by atoms with van der Waals surface area (Å²) in [6.07, 6.45) is -70.6. The Bertz CT molecular complexity index is 3700. The highest BCUT2D eigenvalue weighted by molar-refractivity contribution is 5.79. The first kappa shape index (κ1) is 96.7. The van der Waals surface area contributed by atoms with Gasteiger partial charge in [0.2, 0.25) is 6.29 Å². The lowest BCUT2D eigenvalue weighted by Crippen LogP contribution is -2.69. The molecule has 44 heteroatoms. The molecule has 0 amide bonds. The van der Waals surface area contributed by atoms with E-state index < -0.39 is 348 Å². The fourth-order valence-corrected chi connectivity index (χ4v) is 22.6. The molecule has 0 spiro atoms. The minimum Gasteiger partial charge on any atom is -0.481 e. The van der Waals surface area contributed by atoms with Gasteiger partial charge in [0.1, 0.15) is 165 Å². The summed E-state index contributed by atoms with van der Waals surface area (Å²) in [4.78, 5) is 43.8. The first-order valence-electron chi connectivity index (χ1n) is 42.8. The number of aliphatic hydroxyl groups excluding tert-OH is 21. The van der Waals surface area contributed by atoms with Crippen molar-refractivity contribution in [2.75, 3.05) is 33.0 Å². The topological polar surface area (TPSA) is 683 Å². The zero-order valence-electron chi connectivity index (χ0n) is 70.0. The molecular weight excluding hydrogens is 1660 g/mol. The first-order valence-corrected chi connectivity index (χ1v) is 42.8. The van der Waals surface area contributed by atoms with Gasteiger partial charge in [0.15, 0.2) is 62.5 Å². The number of fused-ring (bicyclic) bond motifs is 7. The number of aliphatic carboxylic acids is 2. The van der Waals surface area contributed by atoms with Crippen molar-refractivity contribution in [3.63, 3.8) is 0 Å². The number of carbonyl (C=O) groups is 3. The molecule has 14 aliphatic rings. The number of carboxylic acids is 2. The van der Waals surface area contributed by atoms with Crippen LogP contribution in [0.15, 0.2) is 11.6 Å². The third-order valence-electron chi connectivity index (χ3n) is 30.4. The summed E-state index contributed by atoms with van der Waals surface area (Å²) in [5.74, 6) is -5.42. The molecule has 0 aromatic rings. The maximum absolute atomic E-state index is 16.2. The van der Waals surface area contributed by atoms with Crippen molar-refractivity contribution in [3.8, 4) is 0 Å². The number of esters is 1. The van der Waals surface area contributed by atoms with Gasteiger partial charge in [0.05, 0.1) is 68.3 Å². The van der Waals surface area contributed by atoms with Crippen molar-refractivity contribution in [1.29, 1.82) is 0 Å². The molecule has 9 aliphatic heterocycles. The second-order valence-electron chi connectivity index (χ2n) is 38.3. The number of hydrogen-bond donors (Lipinski definition) is 23. The summed E-state index contributed by atoms with van der Waals surface area (Å²) in [6, 6.07) is 0. The van der Waals surface area contributed by atoms with Crippen LogP contribution < -0.4 is 0 Å².